The van der Waals surface area contributed by atoms with Crippen molar-refractivity contribution in [3.8, 4) is 0 Å². The molecule has 0 N–H and O–H groups in total. The van der Waals surface area contributed by atoms with Crippen molar-refractivity contribution >= 4 is 17.9 Å². The normalized spacial score (nSPS) is 21.6. The fourth-order valence-electron chi connectivity index (χ4n) is 3.47. The van der Waals surface area contributed by atoms with E-state index in [1.807, 2.05) is 42.2 Å². The topological polar surface area (TPSA) is 49.9 Å². The van der Waals surface area contributed by atoms with E-state index < -0.39 is 0 Å². The minimum absolute atomic E-state index is 0.0130. The van der Waals surface area contributed by atoms with Crippen LogP contribution in [0.4, 0.5) is 0 Å². The van der Waals surface area contributed by atoms with Crippen molar-refractivity contribution < 1.29 is 14.3 Å². The van der Waals surface area contributed by atoms with Gasteiger partial charge in [0.2, 0.25) is 11.8 Å². The van der Waals surface area contributed by atoms with E-state index in [0.717, 1.165) is 24.9 Å². The molecule has 0 aliphatic carbocycles. The highest BCUT2D eigenvalue weighted by atomic mass is 16.5. The number of nitrogens with zero attached hydrogens (tertiary/aromatic N) is 2. The van der Waals surface area contributed by atoms with Crippen LogP contribution in [0.25, 0.3) is 6.08 Å². The first-order valence-electron chi connectivity index (χ1n) is 9.03. The molecule has 1 unspecified atom stereocenters. The summed E-state index contributed by atoms with van der Waals surface area (Å²) in [5.74, 6) is 0.0765. The maximum atomic E-state index is 12.7. The molecule has 3 rings (SSSR count). The number of hydrogen-bond acceptors (Lipinski definition) is 3. The number of rotatable bonds is 3. The summed E-state index contributed by atoms with van der Waals surface area (Å²) in [6.07, 6.45) is 5.21. The van der Waals surface area contributed by atoms with E-state index in [0.29, 0.717) is 32.8 Å². The Labute approximate surface area is 149 Å². The van der Waals surface area contributed by atoms with Gasteiger partial charge in [-0.2, -0.15) is 0 Å². The van der Waals surface area contributed by atoms with Crippen molar-refractivity contribution in [1.29, 1.82) is 0 Å². The van der Waals surface area contributed by atoms with Crippen molar-refractivity contribution in [2.24, 2.45) is 5.92 Å². The molecule has 2 heterocycles. The van der Waals surface area contributed by atoms with Gasteiger partial charge < -0.3 is 14.5 Å². The summed E-state index contributed by atoms with van der Waals surface area (Å²) >= 11 is 0. The summed E-state index contributed by atoms with van der Waals surface area (Å²) in [5.41, 5.74) is 2.19. The average Bonchev–Trinajstić information content (AvgIpc) is 2.66. The van der Waals surface area contributed by atoms with Gasteiger partial charge in [0, 0.05) is 32.3 Å². The molecule has 1 aromatic rings. The van der Waals surface area contributed by atoms with Crippen LogP contribution in [0, 0.1) is 12.8 Å². The van der Waals surface area contributed by atoms with Gasteiger partial charge in [0.25, 0.3) is 0 Å². The highest BCUT2D eigenvalue weighted by Crippen LogP contribution is 2.20. The molecule has 0 aromatic heterocycles. The molecule has 5 nitrogen and oxygen atoms in total. The van der Waals surface area contributed by atoms with Crippen LogP contribution in [0.15, 0.2) is 30.3 Å². The fraction of sp³-hybridized carbons (Fsp3) is 0.500. The molecule has 2 amide bonds. The highest BCUT2D eigenvalue weighted by Gasteiger charge is 2.31. The first kappa shape index (κ1) is 17.7. The van der Waals surface area contributed by atoms with Gasteiger partial charge in [-0.25, -0.2) is 0 Å². The van der Waals surface area contributed by atoms with E-state index in [-0.39, 0.29) is 17.7 Å². The number of hydrogen-bond donors (Lipinski definition) is 0. The molecule has 1 aromatic carbocycles. The van der Waals surface area contributed by atoms with Crippen LogP contribution in [0.3, 0.4) is 0 Å². The third-order valence-corrected chi connectivity index (χ3v) is 4.87. The van der Waals surface area contributed by atoms with Gasteiger partial charge in [-0.3, -0.25) is 9.59 Å². The van der Waals surface area contributed by atoms with Crippen molar-refractivity contribution in [2.45, 2.75) is 19.8 Å². The largest absolute Gasteiger partial charge is 0.378 e. The lowest BCUT2D eigenvalue weighted by Gasteiger charge is -2.35. The molecule has 0 radical (unpaired) electrons. The minimum atomic E-state index is -0.0804. The molecule has 0 bridgehead atoms. The second-order valence-corrected chi connectivity index (χ2v) is 6.81. The van der Waals surface area contributed by atoms with Crippen LogP contribution >= 0.6 is 0 Å². The summed E-state index contributed by atoms with van der Waals surface area (Å²) in [6.45, 7) is 5.83. The molecule has 2 aliphatic heterocycles. The minimum Gasteiger partial charge on any atom is -0.378 e. The van der Waals surface area contributed by atoms with E-state index in [9.17, 15) is 9.59 Å². The lowest BCUT2D eigenvalue weighted by molar-refractivity contribution is -0.143. The number of carbonyl (C=O) groups excluding carboxylic acids is 2. The van der Waals surface area contributed by atoms with Gasteiger partial charge in [-0.05, 0) is 31.4 Å². The molecule has 2 fully saturated rings. The van der Waals surface area contributed by atoms with Crippen molar-refractivity contribution in [2.75, 3.05) is 39.4 Å². The van der Waals surface area contributed by atoms with Crippen molar-refractivity contribution in [1.82, 2.24) is 9.80 Å². The molecule has 2 aliphatic rings. The number of aryl methyl sites for hydroxylation is 1. The molecular weight excluding hydrogens is 316 g/mol. The number of ether oxygens (including phenoxy) is 1. The second kappa shape index (κ2) is 8.30. The molecule has 2 saturated heterocycles. The second-order valence-electron chi connectivity index (χ2n) is 6.81. The Morgan fingerprint density at radius 2 is 1.96 bits per heavy atom. The number of likely N-dealkylation sites (tertiary alicyclic amines) is 1. The van der Waals surface area contributed by atoms with Crippen molar-refractivity contribution in [3.63, 3.8) is 0 Å². The Morgan fingerprint density at radius 3 is 2.72 bits per heavy atom. The summed E-state index contributed by atoms with van der Waals surface area (Å²) in [7, 11) is 0. The van der Waals surface area contributed by atoms with E-state index in [1.165, 1.54) is 5.56 Å². The quantitative estimate of drug-likeness (QED) is 0.791. The third kappa shape index (κ3) is 4.69. The summed E-state index contributed by atoms with van der Waals surface area (Å²) in [6, 6.07) is 8.05. The Bertz CT molecular complexity index is 650. The van der Waals surface area contributed by atoms with Crippen LogP contribution < -0.4 is 0 Å². The standard InChI is InChI=1S/C20H26N2O3/c1-16-4-2-5-17(14-16)7-8-19(23)22-9-3-6-18(15-22)20(24)21-10-12-25-13-11-21/h2,4-5,7-8,14,18H,3,6,9-13,15H2,1H3/b8-7+. The van der Waals surface area contributed by atoms with E-state index in [2.05, 4.69) is 0 Å². The van der Waals surface area contributed by atoms with Crippen LogP contribution in [-0.2, 0) is 14.3 Å². The lowest BCUT2D eigenvalue weighted by atomic mass is 9.96. The Hall–Kier alpha value is -2.14. The number of carbonyl (C=O) groups is 2. The Balaban J connectivity index is 1.58. The zero-order chi connectivity index (χ0) is 17.6. The third-order valence-electron chi connectivity index (χ3n) is 4.87. The van der Waals surface area contributed by atoms with Crippen LogP contribution in [0.1, 0.15) is 24.0 Å². The van der Waals surface area contributed by atoms with Crippen LogP contribution in [0.2, 0.25) is 0 Å². The maximum Gasteiger partial charge on any atom is 0.246 e. The number of piperidine rings is 1. The summed E-state index contributed by atoms with van der Waals surface area (Å²) < 4.78 is 5.31. The predicted molar refractivity (Wildman–Crippen MR) is 96.9 cm³/mol. The number of morpholine rings is 1. The van der Waals surface area contributed by atoms with Gasteiger partial charge in [0.15, 0.2) is 0 Å². The Kier molecular flexibility index (Phi) is 5.87. The zero-order valence-electron chi connectivity index (χ0n) is 14.8. The lowest BCUT2D eigenvalue weighted by Crippen LogP contribution is -2.49. The van der Waals surface area contributed by atoms with Crippen LogP contribution in [0.5, 0.6) is 0 Å². The fourth-order valence-corrected chi connectivity index (χ4v) is 3.47. The van der Waals surface area contributed by atoms with E-state index >= 15 is 0 Å². The molecular formula is C20H26N2O3. The Morgan fingerprint density at radius 1 is 1.16 bits per heavy atom. The molecule has 0 spiro atoms. The smallest absolute Gasteiger partial charge is 0.246 e. The van der Waals surface area contributed by atoms with Gasteiger partial charge in [0.1, 0.15) is 0 Å². The number of benzene rings is 1. The highest BCUT2D eigenvalue weighted by molar-refractivity contribution is 5.92. The summed E-state index contributed by atoms with van der Waals surface area (Å²) in [5, 5.41) is 0. The van der Waals surface area contributed by atoms with Gasteiger partial charge in [-0.15, -0.1) is 0 Å². The first-order valence-corrected chi connectivity index (χ1v) is 9.03. The van der Waals surface area contributed by atoms with E-state index in [1.54, 1.807) is 11.0 Å². The molecule has 25 heavy (non-hydrogen) atoms. The molecule has 5 heteroatoms. The zero-order valence-corrected chi connectivity index (χ0v) is 14.8. The predicted octanol–water partition coefficient (Wildman–Crippen LogP) is 2.11. The molecule has 134 valence electrons. The monoisotopic (exact) mass is 342 g/mol. The first-order chi connectivity index (χ1) is 12.1. The van der Waals surface area contributed by atoms with Gasteiger partial charge in [-0.1, -0.05) is 29.8 Å². The SMILES string of the molecule is Cc1cccc(/C=C/C(=O)N2CCCC(C(=O)N3CCOCC3)C2)c1. The van der Waals surface area contributed by atoms with E-state index in [4.69, 9.17) is 4.74 Å². The van der Waals surface area contributed by atoms with Crippen LogP contribution in [-0.4, -0.2) is 61.0 Å². The summed E-state index contributed by atoms with van der Waals surface area (Å²) in [4.78, 5) is 28.8. The van der Waals surface area contributed by atoms with Crippen molar-refractivity contribution in [3.05, 3.63) is 41.5 Å². The maximum absolute atomic E-state index is 12.7. The molecule has 0 saturated carbocycles. The molecule has 1 atom stereocenters. The average molecular weight is 342 g/mol. The van der Waals surface area contributed by atoms with Gasteiger partial charge in [0.05, 0.1) is 19.1 Å². The number of amides is 2. The van der Waals surface area contributed by atoms with Gasteiger partial charge >= 0.3 is 0 Å².